The van der Waals surface area contributed by atoms with Crippen molar-refractivity contribution in [2.24, 2.45) is 0 Å². The molecule has 4 nitrogen and oxygen atoms in total. The monoisotopic (exact) mass is 444 g/mol. The molecule has 0 spiro atoms. The van der Waals surface area contributed by atoms with E-state index in [1.165, 1.54) is 0 Å². The van der Waals surface area contributed by atoms with Crippen molar-refractivity contribution in [3.63, 3.8) is 0 Å². The summed E-state index contributed by atoms with van der Waals surface area (Å²) >= 11 is 0. The Morgan fingerprint density at radius 2 is 1.21 bits per heavy atom. The molecule has 172 valence electrons. The van der Waals surface area contributed by atoms with E-state index in [0.29, 0.717) is 26.2 Å². The summed E-state index contributed by atoms with van der Waals surface area (Å²) in [6.45, 7) is 1.46. The van der Waals surface area contributed by atoms with E-state index in [9.17, 15) is 5.11 Å². The summed E-state index contributed by atoms with van der Waals surface area (Å²) in [7, 11) is 0. The SMILES string of the molecule is O[C@]1(COCc2ccccc2)CCC=C[C@@H](OCc2ccccc2)[C@@H]1OCc1ccccc1. The second kappa shape index (κ2) is 11.9. The van der Waals surface area contributed by atoms with Gasteiger partial charge in [0.05, 0.1) is 26.4 Å². The summed E-state index contributed by atoms with van der Waals surface area (Å²) in [5.41, 5.74) is 2.04. The lowest BCUT2D eigenvalue weighted by Crippen LogP contribution is -2.53. The molecule has 4 heteroatoms. The molecule has 4 rings (SSSR count). The maximum atomic E-state index is 11.8. The lowest BCUT2D eigenvalue weighted by atomic mass is 9.90. The highest BCUT2D eigenvalue weighted by molar-refractivity contribution is 5.16. The number of hydrogen-bond donors (Lipinski definition) is 1. The summed E-state index contributed by atoms with van der Waals surface area (Å²) in [5, 5.41) is 11.8. The highest BCUT2D eigenvalue weighted by atomic mass is 16.6. The summed E-state index contributed by atoms with van der Waals surface area (Å²) in [5.74, 6) is 0. The van der Waals surface area contributed by atoms with E-state index in [1.807, 2.05) is 97.1 Å². The fourth-order valence-corrected chi connectivity index (χ4v) is 4.11. The van der Waals surface area contributed by atoms with Gasteiger partial charge in [0, 0.05) is 0 Å². The molecule has 0 heterocycles. The van der Waals surface area contributed by atoms with Crippen molar-refractivity contribution in [2.45, 2.75) is 50.5 Å². The van der Waals surface area contributed by atoms with Crippen LogP contribution in [0.4, 0.5) is 0 Å². The molecule has 3 aromatic carbocycles. The molecular formula is C29H32O4. The highest BCUT2D eigenvalue weighted by Crippen LogP contribution is 2.31. The normalized spacial score (nSPS) is 22.7. The Balaban J connectivity index is 1.48. The molecule has 0 unspecified atom stereocenters. The standard InChI is InChI=1S/C29H32O4/c30-29(23-31-20-24-12-4-1-5-13-24)19-11-10-18-27(32-21-25-14-6-2-7-15-25)28(29)33-22-26-16-8-3-9-17-26/h1-10,12-18,27-28,30H,11,19-23H2/t27-,28+,29+/m1/s1. The Labute approximate surface area is 196 Å². The average Bonchev–Trinajstić information content (AvgIpc) is 3.02. The van der Waals surface area contributed by atoms with Crippen molar-refractivity contribution in [1.82, 2.24) is 0 Å². The molecule has 0 radical (unpaired) electrons. The molecule has 0 fully saturated rings. The number of allylic oxidation sites excluding steroid dienone is 1. The molecule has 1 aliphatic carbocycles. The smallest absolute Gasteiger partial charge is 0.119 e. The average molecular weight is 445 g/mol. The lowest BCUT2D eigenvalue weighted by molar-refractivity contribution is -0.188. The van der Waals surface area contributed by atoms with Gasteiger partial charge < -0.3 is 19.3 Å². The first-order valence-corrected chi connectivity index (χ1v) is 11.5. The van der Waals surface area contributed by atoms with Crippen molar-refractivity contribution in [3.8, 4) is 0 Å². The second-order valence-electron chi connectivity index (χ2n) is 8.53. The van der Waals surface area contributed by atoms with Crippen LogP contribution in [0.2, 0.25) is 0 Å². The summed E-state index contributed by atoms with van der Waals surface area (Å²) in [6.07, 6.45) is 4.43. The third kappa shape index (κ3) is 6.86. The van der Waals surface area contributed by atoms with Gasteiger partial charge in [-0.15, -0.1) is 0 Å². The predicted molar refractivity (Wildman–Crippen MR) is 129 cm³/mol. The van der Waals surface area contributed by atoms with Crippen molar-refractivity contribution in [1.29, 1.82) is 0 Å². The zero-order valence-electron chi connectivity index (χ0n) is 18.9. The van der Waals surface area contributed by atoms with E-state index >= 15 is 0 Å². The van der Waals surface area contributed by atoms with Gasteiger partial charge in [-0.05, 0) is 29.5 Å². The van der Waals surface area contributed by atoms with Crippen LogP contribution in [0.15, 0.2) is 103 Å². The highest BCUT2D eigenvalue weighted by Gasteiger charge is 2.43. The largest absolute Gasteiger partial charge is 0.385 e. The third-order valence-corrected chi connectivity index (χ3v) is 5.92. The van der Waals surface area contributed by atoms with Crippen LogP contribution in [0.25, 0.3) is 0 Å². The van der Waals surface area contributed by atoms with E-state index in [2.05, 4.69) is 6.08 Å². The van der Waals surface area contributed by atoms with Crippen LogP contribution < -0.4 is 0 Å². The predicted octanol–water partition coefficient (Wildman–Crippen LogP) is 5.46. The van der Waals surface area contributed by atoms with E-state index in [-0.39, 0.29) is 12.7 Å². The molecule has 0 saturated carbocycles. The van der Waals surface area contributed by atoms with Gasteiger partial charge in [-0.2, -0.15) is 0 Å². The molecule has 3 atom stereocenters. The van der Waals surface area contributed by atoms with Crippen molar-refractivity contribution < 1.29 is 19.3 Å². The molecule has 0 amide bonds. The Morgan fingerprint density at radius 1 is 0.697 bits per heavy atom. The van der Waals surface area contributed by atoms with Crippen LogP contribution >= 0.6 is 0 Å². The van der Waals surface area contributed by atoms with Crippen LogP contribution in [0.5, 0.6) is 0 Å². The van der Waals surface area contributed by atoms with Gasteiger partial charge in [-0.25, -0.2) is 0 Å². The quantitative estimate of drug-likeness (QED) is 0.422. The Bertz CT molecular complexity index is 974. The summed E-state index contributed by atoms with van der Waals surface area (Å²) < 4.78 is 18.6. The minimum Gasteiger partial charge on any atom is -0.385 e. The topological polar surface area (TPSA) is 47.9 Å². The number of benzene rings is 3. The summed E-state index contributed by atoms with van der Waals surface area (Å²) in [4.78, 5) is 0. The minimum absolute atomic E-state index is 0.175. The van der Waals surface area contributed by atoms with Gasteiger partial charge in [-0.1, -0.05) is 103 Å². The molecule has 0 aliphatic heterocycles. The zero-order valence-corrected chi connectivity index (χ0v) is 18.9. The molecule has 3 aromatic rings. The summed E-state index contributed by atoms with van der Waals surface area (Å²) in [6, 6.07) is 30.1. The maximum Gasteiger partial charge on any atom is 0.119 e. The van der Waals surface area contributed by atoms with Crippen molar-refractivity contribution in [3.05, 3.63) is 120 Å². The number of ether oxygens (including phenoxy) is 3. The maximum absolute atomic E-state index is 11.8. The first-order valence-electron chi connectivity index (χ1n) is 11.5. The van der Waals surface area contributed by atoms with E-state index in [4.69, 9.17) is 14.2 Å². The van der Waals surface area contributed by atoms with Gasteiger partial charge in [0.15, 0.2) is 0 Å². The van der Waals surface area contributed by atoms with Crippen LogP contribution in [-0.4, -0.2) is 29.5 Å². The van der Waals surface area contributed by atoms with Crippen molar-refractivity contribution in [2.75, 3.05) is 6.61 Å². The minimum atomic E-state index is -1.17. The van der Waals surface area contributed by atoms with Gasteiger partial charge in [-0.3, -0.25) is 0 Å². The molecule has 0 saturated heterocycles. The number of hydrogen-bond acceptors (Lipinski definition) is 4. The van der Waals surface area contributed by atoms with E-state index in [0.717, 1.165) is 23.1 Å². The van der Waals surface area contributed by atoms with Gasteiger partial charge in [0.25, 0.3) is 0 Å². The van der Waals surface area contributed by atoms with Gasteiger partial charge in [0.2, 0.25) is 0 Å². The van der Waals surface area contributed by atoms with E-state index < -0.39 is 11.7 Å². The molecular weight excluding hydrogens is 412 g/mol. The molecule has 0 bridgehead atoms. The first-order chi connectivity index (χ1) is 16.2. The van der Waals surface area contributed by atoms with Gasteiger partial charge >= 0.3 is 0 Å². The van der Waals surface area contributed by atoms with Crippen LogP contribution in [0.3, 0.4) is 0 Å². The Morgan fingerprint density at radius 3 is 1.79 bits per heavy atom. The van der Waals surface area contributed by atoms with E-state index in [1.54, 1.807) is 0 Å². The van der Waals surface area contributed by atoms with Gasteiger partial charge in [0.1, 0.15) is 17.8 Å². The number of rotatable bonds is 10. The fraction of sp³-hybridized carbons (Fsp3) is 0.310. The molecule has 1 aliphatic rings. The van der Waals surface area contributed by atoms with Crippen LogP contribution in [0, 0.1) is 0 Å². The molecule has 33 heavy (non-hydrogen) atoms. The first kappa shape index (κ1) is 23.4. The second-order valence-corrected chi connectivity index (χ2v) is 8.53. The fourth-order valence-electron chi connectivity index (χ4n) is 4.11. The Hall–Kier alpha value is -2.76. The zero-order chi connectivity index (χ0) is 22.8. The third-order valence-electron chi connectivity index (χ3n) is 5.92. The molecule has 1 N–H and O–H groups in total. The van der Waals surface area contributed by atoms with Crippen LogP contribution in [-0.2, 0) is 34.0 Å². The number of aliphatic hydroxyl groups is 1. The molecule has 0 aromatic heterocycles. The lowest BCUT2D eigenvalue weighted by Gasteiger charge is -2.38. The van der Waals surface area contributed by atoms with Crippen molar-refractivity contribution >= 4 is 0 Å². The Kier molecular flexibility index (Phi) is 8.45. The van der Waals surface area contributed by atoms with Crippen LogP contribution in [0.1, 0.15) is 29.5 Å².